The number of hydrogen-bond donors (Lipinski definition) is 0. The van der Waals surface area contributed by atoms with Crippen LogP contribution < -0.4 is 0 Å². The smallest absolute Gasteiger partial charge is 0.0804 e. The minimum absolute atomic E-state index is 0.286. The fourth-order valence-corrected chi connectivity index (χ4v) is 1.09. The fraction of sp³-hybridized carbons (Fsp3) is 1.00. The van der Waals surface area contributed by atoms with Crippen molar-refractivity contribution in [1.82, 2.24) is 0 Å². The van der Waals surface area contributed by atoms with Gasteiger partial charge >= 0.3 is 0 Å². The van der Waals surface area contributed by atoms with E-state index in [1.165, 1.54) is 12.8 Å². The lowest BCUT2D eigenvalue weighted by Gasteiger charge is -2.17. The maximum absolute atomic E-state index is 5.62. The average Bonchev–Trinajstić information content (AvgIpc) is 2.17. The van der Waals surface area contributed by atoms with Crippen LogP contribution in [-0.4, -0.2) is 25.9 Å². The Morgan fingerprint density at radius 1 is 1.23 bits per heavy atom. The first-order chi connectivity index (χ1) is 6.24. The molecule has 2 heteroatoms. The molecule has 0 spiro atoms. The Balaban J connectivity index is 3.46. The van der Waals surface area contributed by atoms with Crippen molar-refractivity contribution in [1.29, 1.82) is 0 Å². The van der Waals surface area contributed by atoms with Crippen LogP contribution in [0.2, 0.25) is 0 Å². The summed E-state index contributed by atoms with van der Waals surface area (Å²) in [5, 5.41) is 0. The van der Waals surface area contributed by atoms with E-state index in [0.717, 1.165) is 19.4 Å². The average molecular weight is 188 g/mol. The van der Waals surface area contributed by atoms with Crippen molar-refractivity contribution >= 4 is 0 Å². The molecular formula is C11H24O2. The van der Waals surface area contributed by atoms with E-state index in [4.69, 9.17) is 9.47 Å². The second-order valence-corrected chi connectivity index (χ2v) is 3.55. The molecule has 0 saturated carbocycles. The molecule has 0 radical (unpaired) electrons. The van der Waals surface area contributed by atoms with Crippen LogP contribution in [0.4, 0.5) is 0 Å². The van der Waals surface area contributed by atoms with Gasteiger partial charge in [0.2, 0.25) is 0 Å². The Labute approximate surface area is 82.6 Å². The summed E-state index contributed by atoms with van der Waals surface area (Å²) in [5.41, 5.74) is 0. The highest BCUT2D eigenvalue weighted by Crippen LogP contribution is 2.06. The van der Waals surface area contributed by atoms with Gasteiger partial charge in [0, 0.05) is 7.11 Å². The summed E-state index contributed by atoms with van der Waals surface area (Å²) in [7, 11) is 1.76. The first-order valence-corrected chi connectivity index (χ1v) is 5.38. The molecule has 2 nitrogen and oxygen atoms in total. The molecule has 0 aromatic heterocycles. The minimum atomic E-state index is 0.286. The third-order valence-corrected chi connectivity index (χ3v) is 2.35. The maximum atomic E-state index is 5.62. The lowest BCUT2D eigenvalue weighted by molar-refractivity contribution is -0.0257. The largest absolute Gasteiger partial charge is 0.379 e. The van der Waals surface area contributed by atoms with E-state index < -0.39 is 0 Å². The van der Waals surface area contributed by atoms with Gasteiger partial charge in [-0.2, -0.15) is 0 Å². The molecule has 0 fully saturated rings. The van der Waals surface area contributed by atoms with Gasteiger partial charge in [0.15, 0.2) is 0 Å². The number of ether oxygens (including phenoxy) is 2. The van der Waals surface area contributed by atoms with Crippen LogP contribution in [0, 0.1) is 0 Å². The lowest BCUT2D eigenvalue weighted by Crippen LogP contribution is -2.21. The highest BCUT2D eigenvalue weighted by atomic mass is 16.5. The van der Waals surface area contributed by atoms with Crippen molar-refractivity contribution in [2.75, 3.05) is 13.7 Å². The predicted molar refractivity (Wildman–Crippen MR) is 56.0 cm³/mol. The molecule has 2 atom stereocenters. The van der Waals surface area contributed by atoms with Crippen LogP contribution in [0.1, 0.15) is 46.5 Å². The Morgan fingerprint density at radius 2 is 1.92 bits per heavy atom. The normalized spacial score (nSPS) is 15.7. The van der Waals surface area contributed by atoms with Crippen molar-refractivity contribution in [3.05, 3.63) is 0 Å². The fourth-order valence-electron chi connectivity index (χ4n) is 1.09. The second kappa shape index (κ2) is 8.52. The highest BCUT2D eigenvalue weighted by molar-refractivity contribution is 4.57. The summed E-state index contributed by atoms with van der Waals surface area (Å²) in [6.45, 7) is 7.18. The molecule has 0 saturated heterocycles. The van der Waals surface area contributed by atoms with Gasteiger partial charge in [0.1, 0.15) is 0 Å². The molecule has 0 aliphatic carbocycles. The molecule has 0 N–H and O–H groups in total. The van der Waals surface area contributed by atoms with E-state index in [-0.39, 0.29) is 6.10 Å². The Kier molecular flexibility index (Phi) is 8.46. The van der Waals surface area contributed by atoms with Crippen molar-refractivity contribution in [3.8, 4) is 0 Å². The van der Waals surface area contributed by atoms with Gasteiger partial charge in [-0.05, 0) is 19.8 Å². The van der Waals surface area contributed by atoms with E-state index in [1.54, 1.807) is 7.11 Å². The monoisotopic (exact) mass is 188 g/mol. The first kappa shape index (κ1) is 12.9. The van der Waals surface area contributed by atoms with Gasteiger partial charge in [-0.3, -0.25) is 0 Å². The van der Waals surface area contributed by atoms with Crippen molar-refractivity contribution < 1.29 is 9.47 Å². The van der Waals surface area contributed by atoms with Gasteiger partial charge < -0.3 is 9.47 Å². The van der Waals surface area contributed by atoms with Gasteiger partial charge in [-0.25, -0.2) is 0 Å². The standard InChI is InChI=1S/C11H24O2/c1-5-7-8-11(12-4)9-13-10(3)6-2/h10-11H,5-9H2,1-4H3/t10-,11?/m1/s1. The molecular weight excluding hydrogens is 164 g/mol. The molecule has 0 rings (SSSR count). The molecule has 0 aromatic rings. The molecule has 0 aromatic carbocycles. The van der Waals surface area contributed by atoms with Crippen LogP contribution in [0.5, 0.6) is 0 Å². The Hall–Kier alpha value is -0.0800. The molecule has 13 heavy (non-hydrogen) atoms. The summed E-state index contributed by atoms with van der Waals surface area (Å²) in [4.78, 5) is 0. The summed E-state index contributed by atoms with van der Waals surface area (Å²) >= 11 is 0. The summed E-state index contributed by atoms with van der Waals surface area (Å²) in [6.07, 6.45) is 5.28. The molecule has 0 aliphatic heterocycles. The second-order valence-electron chi connectivity index (χ2n) is 3.55. The van der Waals surface area contributed by atoms with Crippen LogP contribution in [-0.2, 0) is 9.47 Å². The van der Waals surface area contributed by atoms with E-state index in [0.29, 0.717) is 6.10 Å². The quantitative estimate of drug-likeness (QED) is 0.583. The van der Waals surface area contributed by atoms with Crippen LogP contribution in [0.3, 0.4) is 0 Å². The van der Waals surface area contributed by atoms with Crippen molar-refractivity contribution in [3.63, 3.8) is 0 Å². The van der Waals surface area contributed by atoms with Gasteiger partial charge in [0.25, 0.3) is 0 Å². The molecule has 0 heterocycles. The number of unbranched alkanes of at least 4 members (excludes halogenated alkanes) is 1. The van der Waals surface area contributed by atoms with Gasteiger partial charge in [-0.15, -0.1) is 0 Å². The predicted octanol–water partition coefficient (Wildman–Crippen LogP) is 3.01. The van der Waals surface area contributed by atoms with Crippen LogP contribution >= 0.6 is 0 Å². The van der Waals surface area contributed by atoms with Crippen molar-refractivity contribution in [2.24, 2.45) is 0 Å². The van der Waals surface area contributed by atoms with E-state index in [9.17, 15) is 0 Å². The summed E-state index contributed by atoms with van der Waals surface area (Å²) in [6, 6.07) is 0. The summed E-state index contributed by atoms with van der Waals surface area (Å²) < 4.78 is 10.9. The zero-order chi connectivity index (χ0) is 10.1. The van der Waals surface area contributed by atoms with E-state index in [1.807, 2.05) is 0 Å². The minimum Gasteiger partial charge on any atom is -0.379 e. The lowest BCUT2D eigenvalue weighted by atomic mass is 10.2. The summed E-state index contributed by atoms with van der Waals surface area (Å²) in [5.74, 6) is 0. The SMILES string of the molecule is CCCCC(CO[C@H](C)CC)OC. The molecule has 0 bridgehead atoms. The molecule has 0 amide bonds. The third-order valence-electron chi connectivity index (χ3n) is 2.35. The Bertz CT molecular complexity index is 104. The highest BCUT2D eigenvalue weighted by Gasteiger charge is 2.08. The van der Waals surface area contributed by atoms with Gasteiger partial charge in [-0.1, -0.05) is 26.7 Å². The third kappa shape index (κ3) is 7.03. The Morgan fingerprint density at radius 3 is 2.38 bits per heavy atom. The number of hydrogen-bond acceptors (Lipinski definition) is 2. The topological polar surface area (TPSA) is 18.5 Å². The molecule has 0 aliphatic rings. The van der Waals surface area contributed by atoms with Crippen LogP contribution in [0.15, 0.2) is 0 Å². The van der Waals surface area contributed by atoms with Gasteiger partial charge in [0.05, 0.1) is 18.8 Å². The zero-order valence-electron chi connectivity index (χ0n) is 9.51. The molecule has 1 unspecified atom stereocenters. The van der Waals surface area contributed by atoms with Crippen LogP contribution in [0.25, 0.3) is 0 Å². The van der Waals surface area contributed by atoms with Crippen molar-refractivity contribution in [2.45, 2.75) is 58.7 Å². The van der Waals surface area contributed by atoms with E-state index >= 15 is 0 Å². The van der Waals surface area contributed by atoms with E-state index in [2.05, 4.69) is 20.8 Å². The molecule has 80 valence electrons. The maximum Gasteiger partial charge on any atom is 0.0804 e. The number of rotatable bonds is 8. The number of methoxy groups -OCH3 is 1. The first-order valence-electron chi connectivity index (χ1n) is 5.38. The zero-order valence-corrected chi connectivity index (χ0v) is 9.51.